The molecular weight excluding hydrogens is 302 g/mol. The van der Waals surface area contributed by atoms with Crippen LogP contribution < -0.4 is 10.2 Å². The highest BCUT2D eigenvalue weighted by Gasteiger charge is 2.30. The number of fused-ring (bicyclic) bond motifs is 1. The highest BCUT2D eigenvalue weighted by Crippen LogP contribution is 2.33. The zero-order valence-corrected chi connectivity index (χ0v) is 15.7. The lowest BCUT2D eigenvalue weighted by Crippen LogP contribution is -2.36. The molecule has 24 heavy (non-hydrogen) atoms. The van der Waals surface area contributed by atoms with E-state index >= 15 is 0 Å². The maximum absolute atomic E-state index is 12.5. The Morgan fingerprint density at radius 1 is 1.38 bits per heavy atom. The van der Waals surface area contributed by atoms with Gasteiger partial charge in [-0.15, -0.1) is 0 Å². The fraction of sp³-hybridized carbons (Fsp3) is 0.632. The Labute approximate surface area is 146 Å². The lowest BCUT2D eigenvalue weighted by atomic mass is 10.1. The van der Waals surface area contributed by atoms with Gasteiger partial charge in [-0.05, 0) is 51.9 Å². The predicted octanol–water partition coefficient (Wildman–Crippen LogP) is 3.03. The van der Waals surface area contributed by atoms with Crippen molar-refractivity contribution in [1.29, 1.82) is 0 Å². The maximum Gasteiger partial charge on any atom is 0.414 e. The maximum atomic E-state index is 12.5. The predicted molar refractivity (Wildman–Crippen MR) is 98.6 cm³/mol. The smallest absolute Gasteiger partial charge is 0.414 e. The van der Waals surface area contributed by atoms with Gasteiger partial charge in [0.15, 0.2) is 0 Å². The third kappa shape index (κ3) is 4.95. The van der Waals surface area contributed by atoms with E-state index in [1.54, 1.807) is 4.90 Å². The van der Waals surface area contributed by atoms with Gasteiger partial charge >= 0.3 is 6.09 Å². The van der Waals surface area contributed by atoms with E-state index in [0.29, 0.717) is 6.54 Å². The number of hydrogen-bond donors (Lipinski definition) is 1. The van der Waals surface area contributed by atoms with Crippen molar-refractivity contribution in [3.05, 3.63) is 29.3 Å². The average Bonchev–Trinajstić information content (AvgIpc) is 2.94. The molecule has 134 valence electrons. The Balaban J connectivity index is 2.05. The summed E-state index contributed by atoms with van der Waals surface area (Å²) in [5.74, 6) is 0. The number of nitrogens with zero attached hydrogens (tertiary/aromatic N) is 2. The lowest BCUT2D eigenvalue weighted by molar-refractivity contribution is 0.0583. The summed E-state index contributed by atoms with van der Waals surface area (Å²) in [5, 5.41) is 3.48. The van der Waals surface area contributed by atoms with Gasteiger partial charge < -0.3 is 15.0 Å². The second-order valence-electron chi connectivity index (χ2n) is 7.38. The van der Waals surface area contributed by atoms with E-state index in [-0.39, 0.29) is 6.09 Å². The summed E-state index contributed by atoms with van der Waals surface area (Å²) in [7, 11) is 2.12. The first-order valence-electron chi connectivity index (χ1n) is 8.82. The average molecular weight is 333 g/mol. The van der Waals surface area contributed by atoms with Gasteiger partial charge in [0.25, 0.3) is 0 Å². The standard InChI is InChI=1S/C19H31N3O2/c1-6-21(5)13-11-20-14-16-9-7-8-15-10-12-22(17(15)16)18(23)24-19(2,3)4/h7-9,20H,6,10-14H2,1-5H3. The molecule has 5 heteroatoms. The SMILES string of the molecule is CCN(C)CCNCc1cccc2c1N(C(=O)OC(C)(C)C)CC2. The van der Waals surface area contributed by atoms with Gasteiger partial charge in [-0.1, -0.05) is 25.1 Å². The van der Waals surface area contributed by atoms with Gasteiger partial charge in [-0.3, -0.25) is 4.90 Å². The van der Waals surface area contributed by atoms with Crippen molar-refractivity contribution in [1.82, 2.24) is 10.2 Å². The number of ether oxygens (including phenoxy) is 1. The number of nitrogens with one attached hydrogen (secondary N) is 1. The second-order valence-corrected chi connectivity index (χ2v) is 7.38. The number of rotatable bonds is 6. The first kappa shape index (κ1) is 18.7. The highest BCUT2D eigenvalue weighted by molar-refractivity contribution is 5.91. The molecule has 0 aliphatic carbocycles. The van der Waals surface area contributed by atoms with Gasteiger partial charge in [0, 0.05) is 26.2 Å². The van der Waals surface area contributed by atoms with Gasteiger partial charge in [0.1, 0.15) is 5.60 Å². The molecule has 1 amide bonds. The quantitative estimate of drug-likeness (QED) is 0.813. The molecule has 0 saturated carbocycles. The molecule has 1 aromatic carbocycles. The molecule has 1 heterocycles. The third-order valence-corrected chi connectivity index (χ3v) is 4.22. The van der Waals surface area contributed by atoms with E-state index in [4.69, 9.17) is 4.74 Å². The number of carbonyl (C=O) groups is 1. The summed E-state index contributed by atoms with van der Waals surface area (Å²) >= 11 is 0. The summed E-state index contributed by atoms with van der Waals surface area (Å²) in [4.78, 5) is 16.6. The molecule has 1 aromatic rings. The summed E-state index contributed by atoms with van der Waals surface area (Å²) in [5.41, 5.74) is 2.95. The molecular formula is C19H31N3O2. The molecule has 2 rings (SSSR count). The van der Waals surface area contributed by atoms with Crippen molar-refractivity contribution >= 4 is 11.8 Å². The number of carbonyl (C=O) groups excluding carboxylic acids is 1. The minimum atomic E-state index is -0.474. The van der Waals surface area contributed by atoms with Crippen LogP contribution in [0.4, 0.5) is 10.5 Å². The Morgan fingerprint density at radius 2 is 2.12 bits per heavy atom. The molecule has 0 atom stereocenters. The molecule has 0 spiro atoms. The minimum Gasteiger partial charge on any atom is -0.443 e. The van der Waals surface area contributed by atoms with Gasteiger partial charge in [0.05, 0.1) is 5.69 Å². The Morgan fingerprint density at radius 3 is 2.79 bits per heavy atom. The van der Waals surface area contributed by atoms with Gasteiger partial charge in [0.2, 0.25) is 0 Å². The first-order valence-corrected chi connectivity index (χ1v) is 8.82. The number of likely N-dealkylation sites (N-methyl/N-ethyl adjacent to an activating group) is 1. The van der Waals surface area contributed by atoms with Gasteiger partial charge in [-0.2, -0.15) is 0 Å². The van der Waals surface area contributed by atoms with E-state index in [1.807, 2.05) is 20.8 Å². The van der Waals surface area contributed by atoms with Crippen molar-refractivity contribution in [2.75, 3.05) is 38.1 Å². The molecule has 1 aliphatic heterocycles. The molecule has 1 aliphatic rings. The van der Waals surface area contributed by atoms with E-state index < -0.39 is 5.60 Å². The Kier molecular flexibility index (Phi) is 6.24. The van der Waals surface area contributed by atoms with Crippen molar-refractivity contribution in [2.45, 2.75) is 46.3 Å². The van der Waals surface area contributed by atoms with Crippen LogP contribution in [-0.2, 0) is 17.7 Å². The number of anilines is 1. The van der Waals surface area contributed by atoms with Crippen molar-refractivity contribution < 1.29 is 9.53 Å². The molecule has 0 bridgehead atoms. The lowest BCUT2D eigenvalue weighted by Gasteiger charge is -2.26. The molecule has 0 fully saturated rings. The van der Waals surface area contributed by atoms with E-state index in [0.717, 1.165) is 43.9 Å². The minimum absolute atomic E-state index is 0.251. The van der Waals surface area contributed by atoms with Crippen molar-refractivity contribution in [3.8, 4) is 0 Å². The number of benzene rings is 1. The summed E-state index contributed by atoms with van der Waals surface area (Å²) in [6.07, 6.45) is 0.639. The molecule has 0 saturated heterocycles. The van der Waals surface area contributed by atoms with Crippen LogP contribution in [0.5, 0.6) is 0 Å². The largest absolute Gasteiger partial charge is 0.443 e. The summed E-state index contributed by atoms with van der Waals surface area (Å²) in [6.45, 7) is 12.3. The summed E-state index contributed by atoms with van der Waals surface area (Å²) in [6, 6.07) is 6.28. The van der Waals surface area contributed by atoms with E-state index in [2.05, 4.69) is 42.4 Å². The Bertz CT molecular complexity index is 566. The molecule has 0 unspecified atom stereocenters. The van der Waals surface area contributed by atoms with Crippen molar-refractivity contribution in [2.24, 2.45) is 0 Å². The first-order chi connectivity index (χ1) is 11.3. The van der Waals surface area contributed by atoms with Crippen LogP contribution in [-0.4, -0.2) is 49.8 Å². The molecule has 1 N–H and O–H groups in total. The third-order valence-electron chi connectivity index (χ3n) is 4.22. The monoisotopic (exact) mass is 333 g/mol. The molecule has 5 nitrogen and oxygen atoms in total. The van der Waals surface area contributed by atoms with Gasteiger partial charge in [-0.25, -0.2) is 4.79 Å². The van der Waals surface area contributed by atoms with Crippen LogP contribution in [0.2, 0.25) is 0 Å². The van der Waals surface area contributed by atoms with Crippen LogP contribution in [0.15, 0.2) is 18.2 Å². The fourth-order valence-electron chi connectivity index (χ4n) is 2.83. The van der Waals surface area contributed by atoms with Crippen LogP contribution in [0.1, 0.15) is 38.8 Å². The molecule has 0 aromatic heterocycles. The topological polar surface area (TPSA) is 44.8 Å². The zero-order valence-electron chi connectivity index (χ0n) is 15.7. The van der Waals surface area contributed by atoms with Crippen LogP contribution in [0, 0.1) is 0 Å². The number of hydrogen-bond acceptors (Lipinski definition) is 4. The highest BCUT2D eigenvalue weighted by atomic mass is 16.6. The van der Waals surface area contributed by atoms with Crippen molar-refractivity contribution in [3.63, 3.8) is 0 Å². The Hall–Kier alpha value is -1.59. The van der Waals surface area contributed by atoms with Crippen LogP contribution >= 0.6 is 0 Å². The zero-order chi connectivity index (χ0) is 17.7. The second kappa shape index (κ2) is 7.99. The van der Waals surface area contributed by atoms with Crippen LogP contribution in [0.3, 0.4) is 0 Å². The fourth-order valence-corrected chi connectivity index (χ4v) is 2.83. The summed E-state index contributed by atoms with van der Waals surface area (Å²) < 4.78 is 5.57. The van der Waals surface area contributed by atoms with E-state index in [1.165, 1.54) is 5.56 Å². The number of para-hydroxylation sites is 1. The number of amides is 1. The van der Waals surface area contributed by atoms with E-state index in [9.17, 15) is 4.79 Å². The molecule has 0 radical (unpaired) electrons. The van der Waals surface area contributed by atoms with Crippen LogP contribution in [0.25, 0.3) is 0 Å². The normalized spacial score (nSPS) is 14.2.